The maximum absolute atomic E-state index is 12.8. The highest BCUT2D eigenvalue weighted by Crippen LogP contribution is 2.45. The maximum atomic E-state index is 12.8. The molecular formula is C25H41NO5. The van der Waals surface area contributed by atoms with Crippen LogP contribution in [0.4, 0.5) is 0 Å². The van der Waals surface area contributed by atoms with Gasteiger partial charge in [0.2, 0.25) is 5.91 Å². The zero-order chi connectivity index (χ0) is 23.3. The number of ether oxygens (including phenoxy) is 1. The smallest absolute Gasteiger partial charge is 0.311 e. The van der Waals surface area contributed by atoms with E-state index in [1.54, 1.807) is 0 Å². The standard InChI is InChI=1S/C25H41NO5/c1-6-25(4,5)24(30)31-21-12-15(2)11-17-8-7-16(3)20(23(17)21)10-9-18(27)13-19(28)14-22(26)29/h7-8,11,15-16,18-21,23,27-28H,6,9-10,12-14H2,1-5H3,(H2,26,29)/t15?,16?,18-,19-,20?,21?,23?/m1/s1. The minimum Gasteiger partial charge on any atom is -0.461 e. The van der Waals surface area contributed by atoms with Crippen LogP contribution in [0.1, 0.15) is 73.1 Å². The summed E-state index contributed by atoms with van der Waals surface area (Å²) in [7, 11) is 0. The lowest BCUT2D eigenvalue weighted by atomic mass is 9.65. The van der Waals surface area contributed by atoms with Gasteiger partial charge in [0.1, 0.15) is 6.10 Å². The molecule has 0 fully saturated rings. The molecule has 0 saturated heterocycles. The Hall–Kier alpha value is -1.66. The lowest BCUT2D eigenvalue weighted by molar-refractivity contribution is -0.164. The summed E-state index contributed by atoms with van der Waals surface area (Å²) in [4.78, 5) is 23.8. The second kappa shape index (κ2) is 10.8. The van der Waals surface area contributed by atoms with Crippen molar-refractivity contribution in [2.24, 2.45) is 34.8 Å². The van der Waals surface area contributed by atoms with Crippen LogP contribution in [0.25, 0.3) is 0 Å². The Bertz CT molecular complexity index is 698. The number of fused-ring (bicyclic) bond motifs is 1. The van der Waals surface area contributed by atoms with Crippen molar-refractivity contribution in [3.05, 3.63) is 23.8 Å². The molecule has 0 heterocycles. The van der Waals surface area contributed by atoms with Gasteiger partial charge in [-0.15, -0.1) is 0 Å². The van der Waals surface area contributed by atoms with E-state index in [4.69, 9.17) is 10.5 Å². The van der Waals surface area contributed by atoms with E-state index in [-0.39, 0.29) is 36.8 Å². The molecular weight excluding hydrogens is 394 g/mol. The Morgan fingerprint density at radius 3 is 2.55 bits per heavy atom. The highest BCUT2D eigenvalue weighted by Gasteiger charge is 2.42. The molecule has 0 bridgehead atoms. The number of esters is 1. The molecule has 0 aromatic carbocycles. The number of allylic oxidation sites excluding steroid dienone is 3. The first-order valence-corrected chi connectivity index (χ1v) is 11.7. The number of aliphatic hydroxyl groups is 2. The van der Waals surface area contributed by atoms with E-state index in [1.807, 2.05) is 20.8 Å². The number of hydrogen-bond acceptors (Lipinski definition) is 5. The van der Waals surface area contributed by atoms with Crippen LogP contribution in [-0.4, -0.2) is 40.4 Å². The van der Waals surface area contributed by atoms with Crippen LogP contribution in [0.3, 0.4) is 0 Å². The van der Waals surface area contributed by atoms with E-state index in [0.29, 0.717) is 18.3 Å². The minimum atomic E-state index is -0.924. The van der Waals surface area contributed by atoms with Gasteiger partial charge in [0.25, 0.3) is 0 Å². The van der Waals surface area contributed by atoms with Gasteiger partial charge in [0.05, 0.1) is 24.0 Å². The second-order valence-electron chi connectivity index (χ2n) is 10.3. The molecule has 6 nitrogen and oxygen atoms in total. The minimum absolute atomic E-state index is 0.107. The van der Waals surface area contributed by atoms with Crippen molar-refractivity contribution in [1.29, 1.82) is 0 Å². The fourth-order valence-electron chi connectivity index (χ4n) is 4.80. The topological polar surface area (TPSA) is 110 Å². The Labute approximate surface area is 186 Å². The summed E-state index contributed by atoms with van der Waals surface area (Å²) in [5.74, 6) is 0.242. The van der Waals surface area contributed by atoms with Gasteiger partial charge in [0, 0.05) is 5.92 Å². The molecule has 0 aliphatic heterocycles. The molecule has 0 aromatic heterocycles. The molecule has 7 atom stereocenters. The number of primary amides is 1. The van der Waals surface area contributed by atoms with Crippen LogP contribution in [0.15, 0.2) is 23.8 Å². The number of aliphatic hydroxyl groups excluding tert-OH is 2. The zero-order valence-corrected chi connectivity index (χ0v) is 19.7. The molecule has 0 aromatic rings. The van der Waals surface area contributed by atoms with E-state index in [2.05, 4.69) is 32.1 Å². The van der Waals surface area contributed by atoms with Gasteiger partial charge in [-0.05, 0) is 69.3 Å². The first-order chi connectivity index (χ1) is 14.4. The predicted octanol–water partition coefficient (Wildman–Crippen LogP) is 3.51. The summed E-state index contributed by atoms with van der Waals surface area (Å²) < 4.78 is 6.11. The number of nitrogens with two attached hydrogens (primary N) is 1. The molecule has 31 heavy (non-hydrogen) atoms. The van der Waals surface area contributed by atoms with E-state index in [1.165, 1.54) is 5.57 Å². The van der Waals surface area contributed by atoms with Crippen molar-refractivity contribution in [3.63, 3.8) is 0 Å². The van der Waals surface area contributed by atoms with E-state index >= 15 is 0 Å². The zero-order valence-electron chi connectivity index (χ0n) is 19.7. The molecule has 4 N–H and O–H groups in total. The van der Waals surface area contributed by atoms with Crippen LogP contribution in [-0.2, 0) is 14.3 Å². The Balaban J connectivity index is 2.12. The monoisotopic (exact) mass is 435 g/mol. The maximum Gasteiger partial charge on any atom is 0.311 e. The van der Waals surface area contributed by atoms with Crippen LogP contribution in [0.2, 0.25) is 0 Å². The van der Waals surface area contributed by atoms with Crippen molar-refractivity contribution < 1.29 is 24.5 Å². The Morgan fingerprint density at radius 1 is 1.26 bits per heavy atom. The van der Waals surface area contributed by atoms with Gasteiger partial charge in [-0.1, -0.05) is 39.0 Å². The molecule has 176 valence electrons. The summed E-state index contributed by atoms with van der Waals surface area (Å²) in [5.41, 5.74) is 5.83. The lowest BCUT2D eigenvalue weighted by Gasteiger charge is -2.44. The summed E-state index contributed by atoms with van der Waals surface area (Å²) >= 11 is 0. The van der Waals surface area contributed by atoms with Gasteiger partial charge in [-0.25, -0.2) is 0 Å². The van der Waals surface area contributed by atoms with E-state index in [9.17, 15) is 19.8 Å². The Kier molecular flexibility index (Phi) is 8.90. The molecule has 6 heteroatoms. The van der Waals surface area contributed by atoms with Crippen molar-refractivity contribution in [1.82, 2.24) is 0 Å². The Morgan fingerprint density at radius 2 is 1.94 bits per heavy atom. The summed E-state index contributed by atoms with van der Waals surface area (Å²) in [6.45, 7) is 10.2. The van der Waals surface area contributed by atoms with Crippen molar-refractivity contribution >= 4 is 11.9 Å². The fourth-order valence-corrected chi connectivity index (χ4v) is 4.80. The number of carbonyl (C=O) groups excluding carboxylic acids is 2. The number of carbonyl (C=O) groups is 2. The fraction of sp³-hybridized carbons (Fsp3) is 0.760. The third-order valence-electron chi connectivity index (χ3n) is 7.10. The van der Waals surface area contributed by atoms with Gasteiger partial charge in [-0.3, -0.25) is 9.59 Å². The summed E-state index contributed by atoms with van der Waals surface area (Å²) in [6.07, 6.45) is 7.62. The number of hydrogen-bond donors (Lipinski definition) is 3. The molecule has 2 rings (SSSR count). The van der Waals surface area contributed by atoms with Crippen molar-refractivity contribution in [2.45, 2.75) is 91.5 Å². The lowest BCUT2D eigenvalue weighted by Crippen LogP contribution is -2.43. The van der Waals surface area contributed by atoms with E-state index < -0.39 is 23.5 Å². The van der Waals surface area contributed by atoms with Crippen molar-refractivity contribution in [3.8, 4) is 0 Å². The highest BCUT2D eigenvalue weighted by atomic mass is 16.5. The van der Waals surface area contributed by atoms with Crippen LogP contribution in [0, 0.1) is 29.1 Å². The van der Waals surface area contributed by atoms with Gasteiger partial charge >= 0.3 is 5.97 Å². The van der Waals surface area contributed by atoms with Gasteiger partial charge in [-0.2, -0.15) is 0 Å². The summed E-state index contributed by atoms with van der Waals surface area (Å²) in [6, 6.07) is 0. The SMILES string of the molecule is CCC(C)(C)C(=O)OC1CC(C)C=C2C=CC(C)C(CC[C@@H](O)C[C@@H](O)CC(N)=O)C21. The third-order valence-corrected chi connectivity index (χ3v) is 7.10. The first-order valence-electron chi connectivity index (χ1n) is 11.7. The normalized spacial score (nSPS) is 30.2. The number of rotatable bonds is 10. The molecule has 0 spiro atoms. The molecule has 5 unspecified atom stereocenters. The average molecular weight is 436 g/mol. The molecule has 1 amide bonds. The van der Waals surface area contributed by atoms with Crippen LogP contribution >= 0.6 is 0 Å². The number of amides is 1. The summed E-state index contributed by atoms with van der Waals surface area (Å²) in [5, 5.41) is 20.3. The van der Waals surface area contributed by atoms with Crippen LogP contribution < -0.4 is 5.73 Å². The third kappa shape index (κ3) is 6.91. The first kappa shape index (κ1) is 25.6. The van der Waals surface area contributed by atoms with E-state index in [0.717, 1.165) is 19.3 Å². The largest absolute Gasteiger partial charge is 0.461 e. The van der Waals surface area contributed by atoms with Gasteiger partial charge in [0.15, 0.2) is 0 Å². The second-order valence-corrected chi connectivity index (χ2v) is 10.3. The predicted molar refractivity (Wildman–Crippen MR) is 121 cm³/mol. The average Bonchev–Trinajstić information content (AvgIpc) is 2.66. The molecule has 2 aliphatic rings. The highest BCUT2D eigenvalue weighted by molar-refractivity contribution is 5.76. The molecule has 2 aliphatic carbocycles. The van der Waals surface area contributed by atoms with Crippen molar-refractivity contribution in [2.75, 3.05) is 0 Å². The van der Waals surface area contributed by atoms with Gasteiger partial charge < -0.3 is 20.7 Å². The molecule has 0 saturated carbocycles. The quantitative estimate of drug-likeness (QED) is 0.455. The molecule has 0 radical (unpaired) electrons. The van der Waals surface area contributed by atoms with Crippen LogP contribution in [0.5, 0.6) is 0 Å².